The first kappa shape index (κ1) is 20.2. The zero-order valence-electron chi connectivity index (χ0n) is 15.0. The largest absolute Gasteiger partial charge is 0.302 e. The van der Waals surface area contributed by atoms with E-state index in [4.69, 9.17) is 0 Å². The van der Waals surface area contributed by atoms with Crippen LogP contribution in [-0.2, 0) is 11.2 Å². The lowest BCUT2D eigenvalue weighted by Crippen LogP contribution is -2.20. The van der Waals surface area contributed by atoms with Gasteiger partial charge in [0, 0.05) is 28.6 Å². The lowest BCUT2D eigenvalue weighted by Gasteiger charge is -2.06. The van der Waals surface area contributed by atoms with Gasteiger partial charge < -0.3 is 10.3 Å². The van der Waals surface area contributed by atoms with Crippen LogP contribution in [0, 0.1) is 18.6 Å². The van der Waals surface area contributed by atoms with E-state index in [0.29, 0.717) is 32.8 Å². The van der Waals surface area contributed by atoms with Gasteiger partial charge in [0.15, 0.2) is 21.9 Å². The van der Waals surface area contributed by atoms with Crippen molar-refractivity contribution in [2.45, 2.75) is 24.9 Å². The van der Waals surface area contributed by atoms with E-state index in [1.807, 2.05) is 6.26 Å². The summed E-state index contributed by atoms with van der Waals surface area (Å²) in [5.41, 5.74) is 1.66. The van der Waals surface area contributed by atoms with Gasteiger partial charge in [-0.15, -0.1) is 11.3 Å². The highest BCUT2D eigenvalue weighted by Crippen LogP contribution is 2.26. The van der Waals surface area contributed by atoms with Gasteiger partial charge in [0.25, 0.3) is 5.56 Å². The maximum absolute atomic E-state index is 13.4. The summed E-state index contributed by atoms with van der Waals surface area (Å²) < 4.78 is 26.4. The fourth-order valence-corrected chi connectivity index (χ4v) is 3.67. The minimum atomic E-state index is -0.960. The van der Waals surface area contributed by atoms with Crippen molar-refractivity contribution in [3.8, 4) is 11.3 Å². The number of aromatic amines is 1. The second-order valence-corrected chi connectivity index (χ2v) is 7.51. The molecule has 1 aromatic carbocycles. The molecule has 1 amide bonds. The Morgan fingerprint density at radius 1 is 1.29 bits per heavy atom. The Bertz CT molecular complexity index is 1080. The molecule has 10 heteroatoms. The normalized spacial score (nSPS) is 10.9. The molecule has 2 N–H and O–H groups in total. The number of thioether (sulfide) groups is 1. The lowest BCUT2D eigenvalue weighted by atomic mass is 10.1. The fourth-order valence-electron chi connectivity index (χ4n) is 2.52. The van der Waals surface area contributed by atoms with Gasteiger partial charge in [-0.1, -0.05) is 11.8 Å². The third kappa shape index (κ3) is 4.63. The molecule has 0 saturated heterocycles. The van der Waals surface area contributed by atoms with E-state index in [1.165, 1.54) is 29.2 Å². The molecule has 0 unspecified atom stereocenters. The summed E-state index contributed by atoms with van der Waals surface area (Å²) in [6, 6.07) is 3.49. The lowest BCUT2D eigenvalue weighted by molar-refractivity contribution is -0.116. The van der Waals surface area contributed by atoms with Crippen molar-refractivity contribution >= 4 is 34.1 Å². The number of hydrogen-bond acceptors (Lipinski definition) is 6. The van der Waals surface area contributed by atoms with Gasteiger partial charge in [-0.3, -0.25) is 9.59 Å². The number of anilines is 1. The quantitative estimate of drug-likeness (QED) is 0.466. The minimum absolute atomic E-state index is 0.0876. The number of nitrogens with one attached hydrogen (secondary N) is 2. The number of carbonyl (C=O) groups excluding carboxylic acids is 1. The van der Waals surface area contributed by atoms with Gasteiger partial charge in [-0.25, -0.2) is 18.7 Å². The van der Waals surface area contributed by atoms with Crippen LogP contribution < -0.4 is 10.9 Å². The van der Waals surface area contributed by atoms with Crippen molar-refractivity contribution in [2.24, 2.45) is 0 Å². The Kier molecular flexibility index (Phi) is 6.20. The van der Waals surface area contributed by atoms with Crippen molar-refractivity contribution in [1.82, 2.24) is 15.0 Å². The molecule has 0 bridgehead atoms. The highest BCUT2D eigenvalue weighted by Gasteiger charge is 2.13. The number of thiazole rings is 1. The number of amides is 1. The molecule has 0 spiro atoms. The SMILES string of the molecule is CSc1nc(C)c(CCC(=O)Nc2nc(-c3ccc(F)c(F)c3)cs2)c(=O)[nH]1. The summed E-state index contributed by atoms with van der Waals surface area (Å²) in [6.45, 7) is 1.73. The summed E-state index contributed by atoms with van der Waals surface area (Å²) >= 11 is 2.51. The summed E-state index contributed by atoms with van der Waals surface area (Å²) in [7, 11) is 0. The van der Waals surface area contributed by atoms with Crippen LogP contribution in [0.5, 0.6) is 0 Å². The Hall–Kier alpha value is -2.59. The molecule has 28 heavy (non-hydrogen) atoms. The van der Waals surface area contributed by atoms with E-state index >= 15 is 0 Å². The Labute approximate surface area is 167 Å². The van der Waals surface area contributed by atoms with Crippen LogP contribution in [0.25, 0.3) is 11.3 Å². The molecule has 146 valence electrons. The molecule has 0 aliphatic rings. The number of halogens is 2. The highest BCUT2D eigenvalue weighted by molar-refractivity contribution is 7.98. The summed E-state index contributed by atoms with van der Waals surface area (Å²) in [4.78, 5) is 35.4. The molecule has 6 nitrogen and oxygen atoms in total. The molecule has 0 fully saturated rings. The van der Waals surface area contributed by atoms with Gasteiger partial charge in [-0.05, 0) is 37.8 Å². The number of rotatable bonds is 6. The molecule has 0 atom stereocenters. The number of aryl methyl sites for hydroxylation is 1. The Balaban J connectivity index is 1.64. The summed E-state index contributed by atoms with van der Waals surface area (Å²) in [5, 5.41) is 5.16. The molecular formula is C18H16F2N4O2S2. The van der Waals surface area contributed by atoms with E-state index in [-0.39, 0.29) is 24.3 Å². The van der Waals surface area contributed by atoms with E-state index in [1.54, 1.807) is 12.3 Å². The summed E-state index contributed by atoms with van der Waals surface area (Å²) in [5.74, 6) is -2.20. The molecule has 0 saturated carbocycles. The molecule has 3 aromatic rings. The smallest absolute Gasteiger partial charge is 0.254 e. The first-order valence-electron chi connectivity index (χ1n) is 8.22. The standard InChI is InChI=1S/C18H16F2N4O2S2/c1-9-11(16(26)24-17(21-9)27-2)4-6-15(25)23-18-22-14(8-28-18)10-3-5-12(19)13(20)7-10/h3,5,7-8H,4,6H2,1-2H3,(H,21,24,26)(H,22,23,25). The van der Waals surface area contributed by atoms with Crippen LogP contribution in [0.15, 0.2) is 33.5 Å². The predicted octanol–water partition coefficient (Wildman–Crippen LogP) is 3.77. The Morgan fingerprint density at radius 2 is 2.07 bits per heavy atom. The van der Waals surface area contributed by atoms with Crippen molar-refractivity contribution < 1.29 is 13.6 Å². The van der Waals surface area contributed by atoms with Crippen LogP contribution in [0.2, 0.25) is 0 Å². The molecule has 0 aliphatic heterocycles. The summed E-state index contributed by atoms with van der Waals surface area (Å²) in [6.07, 6.45) is 2.15. The first-order chi connectivity index (χ1) is 13.4. The van der Waals surface area contributed by atoms with Crippen LogP contribution in [-0.4, -0.2) is 27.1 Å². The van der Waals surface area contributed by atoms with E-state index in [2.05, 4.69) is 20.3 Å². The number of benzene rings is 1. The molecule has 0 aliphatic carbocycles. The molecular weight excluding hydrogens is 406 g/mol. The predicted molar refractivity (Wildman–Crippen MR) is 106 cm³/mol. The molecule has 3 rings (SSSR count). The number of carbonyl (C=O) groups is 1. The molecule has 2 heterocycles. The van der Waals surface area contributed by atoms with Crippen LogP contribution >= 0.6 is 23.1 Å². The second kappa shape index (κ2) is 8.61. The first-order valence-corrected chi connectivity index (χ1v) is 10.3. The van der Waals surface area contributed by atoms with Gasteiger partial charge in [0.05, 0.1) is 5.69 Å². The Morgan fingerprint density at radius 3 is 2.75 bits per heavy atom. The third-order valence-corrected chi connectivity index (χ3v) is 5.30. The zero-order valence-corrected chi connectivity index (χ0v) is 16.6. The topological polar surface area (TPSA) is 87.7 Å². The maximum Gasteiger partial charge on any atom is 0.254 e. The average Bonchev–Trinajstić information content (AvgIpc) is 3.11. The van der Waals surface area contributed by atoms with Crippen LogP contribution in [0.4, 0.5) is 13.9 Å². The van der Waals surface area contributed by atoms with Gasteiger partial charge in [0.2, 0.25) is 5.91 Å². The van der Waals surface area contributed by atoms with Crippen LogP contribution in [0.3, 0.4) is 0 Å². The maximum atomic E-state index is 13.4. The van der Waals surface area contributed by atoms with Crippen molar-refractivity contribution in [3.05, 3.63) is 56.8 Å². The zero-order chi connectivity index (χ0) is 20.3. The van der Waals surface area contributed by atoms with Gasteiger partial charge in [-0.2, -0.15) is 0 Å². The number of aromatic nitrogens is 3. The highest BCUT2D eigenvalue weighted by atomic mass is 32.2. The van der Waals surface area contributed by atoms with E-state index in [9.17, 15) is 18.4 Å². The second-order valence-electron chi connectivity index (χ2n) is 5.85. The van der Waals surface area contributed by atoms with Crippen molar-refractivity contribution in [3.63, 3.8) is 0 Å². The number of hydrogen-bond donors (Lipinski definition) is 2. The van der Waals surface area contributed by atoms with E-state index < -0.39 is 11.6 Å². The molecule has 0 radical (unpaired) electrons. The van der Waals surface area contributed by atoms with Gasteiger partial charge >= 0.3 is 0 Å². The van der Waals surface area contributed by atoms with Gasteiger partial charge in [0.1, 0.15) is 0 Å². The number of nitrogens with zero attached hydrogens (tertiary/aromatic N) is 2. The minimum Gasteiger partial charge on any atom is -0.302 e. The van der Waals surface area contributed by atoms with Crippen molar-refractivity contribution in [2.75, 3.05) is 11.6 Å². The van der Waals surface area contributed by atoms with E-state index in [0.717, 1.165) is 12.1 Å². The monoisotopic (exact) mass is 422 g/mol. The van der Waals surface area contributed by atoms with Crippen molar-refractivity contribution in [1.29, 1.82) is 0 Å². The average molecular weight is 422 g/mol. The molecule has 2 aromatic heterocycles. The fraction of sp³-hybridized carbons (Fsp3) is 0.222. The number of H-pyrrole nitrogens is 1. The third-order valence-electron chi connectivity index (χ3n) is 3.96. The van der Waals surface area contributed by atoms with Crippen LogP contribution in [0.1, 0.15) is 17.7 Å².